The summed E-state index contributed by atoms with van der Waals surface area (Å²) in [4.78, 5) is 3.46. The zero-order valence-corrected chi connectivity index (χ0v) is 8.91. The summed E-state index contributed by atoms with van der Waals surface area (Å²) in [5.74, 6) is -1.02. The number of methoxy groups -OCH3 is 1. The minimum atomic E-state index is -4.88. The second-order valence-electron chi connectivity index (χ2n) is 3.01. The molecule has 0 saturated heterocycles. The lowest BCUT2D eigenvalue weighted by Crippen LogP contribution is -2.19. The Labute approximate surface area is 95.0 Å². The lowest BCUT2D eigenvalue weighted by molar-refractivity contribution is -0.276. The highest BCUT2D eigenvalue weighted by molar-refractivity contribution is 5.45. The van der Waals surface area contributed by atoms with Crippen LogP contribution < -0.4 is 15.2 Å². The number of ether oxygens (including phenoxy) is 2. The van der Waals surface area contributed by atoms with Crippen molar-refractivity contribution in [1.82, 2.24) is 4.98 Å². The molecule has 0 amide bonds. The van der Waals surface area contributed by atoms with Gasteiger partial charge in [-0.05, 0) is 5.56 Å². The molecule has 1 aromatic rings. The normalized spacial score (nSPS) is 11.4. The van der Waals surface area contributed by atoms with Gasteiger partial charge in [0.25, 0.3) is 5.88 Å². The van der Waals surface area contributed by atoms with Crippen LogP contribution in [0.4, 0.5) is 13.2 Å². The Kier molecular flexibility index (Phi) is 4.13. The number of nitrogens with two attached hydrogens (primary N) is 1. The van der Waals surface area contributed by atoms with E-state index in [1.54, 1.807) is 0 Å². The highest BCUT2D eigenvalue weighted by atomic mass is 19.4. The van der Waals surface area contributed by atoms with Crippen molar-refractivity contribution in [3.05, 3.63) is 17.3 Å². The van der Waals surface area contributed by atoms with Gasteiger partial charge in [-0.25, -0.2) is 4.98 Å². The van der Waals surface area contributed by atoms with Gasteiger partial charge < -0.3 is 20.3 Å². The molecule has 0 spiro atoms. The van der Waals surface area contributed by atoms with Crippen LogP contribution in [-0.2, 0) is 13.2 Å². The average Bonchev–Trinajstić information content (AvgIpc) is 2.26. The van der Waals surface area contributed by atoms with E-state index in [4.69, 9.17) is 15.6 Å². The molecule has 5 nitrogen and oxygen atoms in total. The van der Waals surface area contributed by atoms with Crippen LogP contribution in [0.25, 0.3) is 0 Å². The maximum absolute atomic E-state index is 12.1. The smallest absolute Gasteiger partial charge is 0.491 e. The van der Waals surface area contributed by atoms with E-state index in [1.807, 2.05) is 0 Å². The lowest BCUT2D eigenvalue weighted by atomic mass is 10.1. The Morgan fingerprint density at radius 3 is 2.53 bits per heavy atom. The number of pyridine rings is 1. The molecule has 1 heterocycles. The standard InChI is InChI=1S/C9H11F3N2O3/c1-16-7-6(4-15)5(2-13)3-14-8(7)17-9(10,11)12/h3,15H,2,4,13H2,1H3. The topological polar surface area (TPSA) is 77.6 Å². The third-order valence-corrected chi connectivity index (χ3v) is 1.99. The summed E-state index contributed by atoms with van der Waals surface area (Å²) in [5, 5.41) is 9.08. The van der Waals surface area contributed by atoms with Gasteiger partial charge in [0, 0.05) is 18.3 Å². The van der Waals surface area contributed by atoms with Gasteiger partial charge in [-0.1, -0.05) is 0 Å². The Morgan fingerprint density at radius 1 is 1.47 bits per heavy atom. The predicted molar refractivity (Wildman–Crippen MR) is 51.3 cm³/mol. The lowest BCUT2D eigenvalue weighted by Gasteiger charge is -2.15. The number of hydrogen-bond donors (Lipinski definition) is 2. The molecular weight excluding hydrogens is 241 g/mol. The average molecular weight is 252 g/mol. The van der Waals surface area contributed by atoms with Gasteiger partial charge in [0.05, 0.1) is 13.7 Å². The van der Waals surface area contributed by atoms with E-state index >= 15 is 0 Å². The van der Waals surface area contributed by atoms with Gasteiger partial charge >= 0.3 is 6.36 Å². The number of aliphatic hydroxyl groups excluding tert-OH is 1. The Hall–Kier alpha value is -1.54. The Balaban J connectivity index is 3.23. The second kappa shape index (κ2) is 5.19. The van der Waals surface area contributed by atoms with E-state index in [1.165, 1.54) is 0 Å². The minimum Gasteiger partial charge on any atom is -0.491 e. The molecule has 0 unspecified atom stereocenters. The molecule has 0 aliphatic rings. The van der Waals surface area contributed by atoms with Gasteiger partial charge in [-0.3, -0.25) is 0 Å². The highest BCUT2D eigenvalue weighted by Gasteiger charge is 2.34. The van der Waals surface area contributed by atoms with Crippen molar-refractivity contribution in [3.63, 3.8) is 0 Å². The third-order valence-electron chi connectivity index (χ3n) is 1.99. The largest absolute Gasteiger partial charge is 0.574 e. The molecule has 0 fully saturated rings. The predicted octanol–water partition coefficient (Wildman–Crippen LogP) is 0.940. The summed E-state index contributed by atoms with van der Waals surface area (Å²) >= 11 is 0. The minimum absolute atomic E-state index is 0.0194. The van der Waals surface area contributed by atoms with Crippen molar-refractivity contribution in [2.75, 3.05) is 7.11 Å². The molecule has 96 valence electrons. The number of aliphatic hydroxyl groups is 1. The highest BCUT2D eigenvalue weighted by Crippen LogP contribution is 2.34. The van der Waals surface area contributed by atoms with E-state index in [9.17, 15) is 13.2 Å². The summed E-state index contributed by atoms with van der Waals surface area (Å²) in [6.45, 7) is -0.502. The van der Waals surface area contributed by atoms with Crippen LogP contribution in [0.5, 0.6) is 11.6 Å². The van der Waals surface area contributed by atoms with Crippen molar-refractivity contribution in [2.24, 2.45) is 5.73 Å². The molecule has 17 heavy (non-hydrogen) atoms. The van der Waals surface area contributed by atoms with Crippen LogP contribution in [0.3, 0.4) is 0 Å². The van der Waals surface area contributed by atoms with E-state index in [0.717, 1.165) is 13.3 Å². The molecule has 0 atom stereocenters. The number of hydrogen-bond acceptors (Lipinski definition) is 5. The van der Waals surface area contributed by atoms with E-state index in [0.29, 0.717) is 5.56 Å². The summed E-state index contributed by atoms with van der Waals surface area (Å²) in [5.41, 5.74) is 5.87. The zero-order chi connectivity index (χ0) is 13.1. The Bertz CT molecular complexity index is 396. The van der Waals surface area contributed by atoms with Crippen LogP contribution in [0.15, 0.2) is 6.20 Å². The van der Waals surface area contributed by atoms with E-state index < -0.39 is 18.8 Å². The van der Waals surface area contributed by atoms with Crippen LogP contribution >= 0.6 is 0 Å². The van der Waals surface area contributed by atoms with Crippen molar-refractivity contribution in [1.29, 1.82) is 0 Å². The van der Waals surface area contributed by atoms with Crippen LogP contribution in [0, 0.1) is 0 Å². The number of nitrogens with zero attached hydrogens (tertiary/aromatic N) is 1. The molecule has 0 aromatic carbocycles. The maximum Gasteiger partial charge on any atom is 0.574 e. The number of halogens is 3. The number of rotatable bonds is 4. The van der Waals surface area contributed by atoms with Gasteiger partial charge in [0.15, 0.2) is 5.75 Å². The number of alkyl halides is 3. The zero-order valence-electron chi connectivity index (χ0n) is 8.91. The van der Waals surface area contributed by atoms with Crippen molar-refractivity contribution >= 4 is 0 Å². The van der Waals surface area contributed by atoms with Crippen LogP contribution in [0.1, 0.15) is 11.1 Å². The molecular formula is C9H11F3N2O3. The molecule has 0 aliphatic heterocycles. The fourth-order valence-electron chi connectivity index (χ4n) is 1.29. The first-order valence-corrected chi connectivity index (χ1v) is 4.54. The van der Waals surface area contributed by atoms with E-state index in [2.05, 4.69) is 9.72 Å². The molecule has 0 radical (unpaired) electrons. The van der Waals surface area contributed by atoms with Crippen LogP contribution in [0.2, 0.25) is 0 Å². The SMILES string of the molecule is COc1c(OC(F)(F)F)ncc(CN)c1CO. The maximum atomic E-state index is 12.1. The summed E-state index contributed by atoms with van der Waals surface area (Å²) in [6.07, 6.45) is -3.77. The van der Waals surface area contributed by atoms with Gasteiger partial charge in [-0.2, -0.15) is 0 Å². The quantitative estimate of drug-likeness (QED) is 0.833. The van der Waals surface area contributed by atoms with Crippen molar-refractivity contribution in [3.8, 4) is 11.6 Å². The molecule has 3 N–H and O–H groups in total. The third kappa shape index (κ3) is 3.21. The fourth-order valence-corrected chi connectivity index (χ4v) is 1.29. The molecule has 0 bridgehead atoms. The summed E-state index contributed by atoms with van der Waals surface area (Å²) < 4.78 is 44.6. The molecule has 8 heteroatoms. The first kappa shape index (κ1) is 13.5. The summed E-state index contributed by atoms with van der Waals surface area (Å²) in [7, 11) is 1.15. The molecule has 1 aromatic heterocycles. The monoisotopic (exact) mass is 252 g/mol. The van der Waals surface area contributed by atoms with Gasteiger partial charge in [-0.15, -0.1) is 13.2 Å². The number of aromatic nitrogens is 1. The van der Waals surface area contributed by atoms with E-state index in [-0.39, 0.29) is 17.9 Å². The van der Waals surface area contributed by atoms with Gasteiger partial charge in [0.1, 0.15) is 0 Å². The van der Waals surface area contributed by atoms with Crippen molar-refractivity contribution < 1.29 is 27.8 Å². The first-order valence-electron chi connectivity index (χ1n) is 4.54. The fraction of sp³-hybridized carbons (Fsp3) is 0.444. The molecule has 0 saturated carbocycles. The van der Waals surface area contributed by atoms with Crippen molar-refractivity contribution in [2.45, 2.75) is 19.5 Å². The summed E-state index contributed by atoms with van der Waals surface area (Å²) in [6, 6.07) is 0. The molecule has 1 rings (SSSR count). The Morgan fingerprint density at radius 2 is 2.12 bits per heavy atom. The second-order valence-corrected chi connectivity index (χ2v) is 3.01. The van der Waals surface area contributed by atoms with Crippen LogP contribution in [-0.4, -0.2) is 23.6 Å². The first-order chi connectivity index (χ1) is 7.92. The van der Waals surface area contributed by atoms with Gasteiger partial charge in [0.2, 0.25) is 0 Å². The molecule has 0 aliphatic carbocycles.